The number of rotatable bonds is 5. The Bertz CT molecular complexity index is 830. The van der Waals surface area contributed by atoms with Gasteiger partial charge in [0.05, 0.1) is 26.4 Å². The molecule has 0 spiro atoms. The Kier molecular flexibility index (Phi) is 4.55. The lowest BCUT2D eigenvalue weighted by Crippen LogP contribution is -2.29. The van der Waals surface area contributed by atoms with E-state index in [0.717, 1.165) is 5.56 Å². The first kappa shape index (κ1) is 16.7. The second kappa shape index (κ2) is 6.80. The van der Waals surface area contributed by atoms with E-state index < -0.39 is 12.0 Å². The molecule has 2 aromatic rings. The van der Waals surface area contributed by atoms with E-state index in [9.17, 15) is 4.79 Å². The molecule has 0 fully saturated rings. The standard InChI is InChI=1S/C16H19N5O4/c1-5-25-11-7-6-10(8-12(11)23-3)14-13(15(22)24-4)9(2)17-16-18-19-20-21(14)16/h6-8,14H,5H2,1-4H3,(H,17,18,20). The van der Waals surface area contributed by atoms with Gasteiger partial charge in [-0.3, -0.25) is 0 Å². The molecular weight excluding hydrogens is 326 g/mol. The molecule has 1 aliphatic heterocycles. The first-order valence-electron chi connectivity index (χ1n) is 7.75. The predicted octanol–water partition coefficient (Wildman–Crippen LogP) is 1.54. The van der Waals surface area contributed by atoms with Crippen molar-refractivity contribution in [1.29, 1.82) is 0 Å². The monoisotopic (exact) mass is 345 g/mol. The number of aromatic nitrogens is 4. The average Bonchev–Trinajstić information content (AvgIpc) is 3.08. The summed E-state index contributed by atoms with van der Waals surface area (Å²) in [6, 6.07) is 4.92. The minimum atomic E-state index is -0.539. The lowest BCUT2D eigenvalue weighted by molar-refractivity contribution is -0.136. The fourth-order valence-electron chi connectivity index (χ4n) is 2.82. The highest BCUT2D eigenvalue weighted by atomic mass is 16.5. The minimum Gasteiger partial charge on any atom is -0.493 e. The van der Waals surface area contributed by atoms with Crippen molar-refractivity contribution in [1.82, 2.24) is 20.2 Å². The van der Waals surface area contributed by atoms with Gasteiger partial charge in [-0.25, -0.2) is 4.79 Å². The van der Waals surface area contributed by atoms with Crippen LogP contribution in [0.3, 0.4) is 0 Å². The van der Waals surface area contributed by atoms with Crippen LogP contribution in [0.5, 0.6) is 11.5 Å². The molecule has 132 valence electrons. The third-order valence-corrected chi connectivity index (χ3v) is 3.92. The van der Waals surface area contributed by atoms with Gasteiger partial charge in [0.2, 0.25) is 5.95 Å². The number of hydrogen-bond donors (Lipinski definition) is 1. The van der Waals surface area contributed by atoms with Crippen LogP contribution < -0.4 is 14.8 Å². The van der Waals surface area contributed by atoms with Gasteiger partial charge in [0.1, 0.15) is 6.04 Å². The SMILES string of the molecule is CCOc1ccc(C2C(C(=O)OC)=C(C)Nc3nnnn32)cc1OC. The molecule has 25 heavy (non-hydrogen) atoms. The number of ether oxygens (including phenoxy) is 3. The first-order chi connectivity index (χ1) is 12.1. The maximum Gasteiger partial charge on any atom is 0.338 e. The largest absolute Gasteiger partial charge is 0.493 e. The number of anilines is 1. The molecule has 1 atom stereocenters. The Morgan fingerprint density at radius 2 is 2.12 bits per heavy atom. The Morgan fingerprint density at radius 1 is 1.32 bits per heavy atom. The molecule has 0 saturated carbocycles. The zero-order valence-electron chi connectivity index (χ0n) is 14.4. The molecule has 1 N–H and O–H groups in total. The Balaban J connectivity index is 2.14. The van der Waals surface area contributed by atoms with Crippen molar-refractivity contribution in [2.24, 2.45) is 0 Å². The van der Waals surface area contributed by atoms with E-state index in [1.807, 2.05) is 19.1 Å². The molecule has 0 radical (unpaired) electrons. The summed E-state index contributed by atoms with van der Waals surface area (Å²) >= 11 is 0. The number of carbonyl (C=O) groups is 1. The molecule has 3 rings (SSSR count). The van der Waals surface area contributed by atoms with Crippen LogP contribution in [-0.2, 0) is 9.53 Å². The summed E-state index contributed by atoms with van der Waals surface area (Å²) in [4.78, 5) is 12.4. The van der Waals surface area contributed by atoms with Crippen molar-refractivity contribution < 1.29 is 19.0 Å². The van der Waals surface area contributed by atoms with E-state index in [1.54, 1.807) is 20.1 Å². The van der Waals surface area contributed by atoms with E-state index in [1.165, 1.54) is 11.8 Å². The van der Waals surface area contributed by atoms with Gasteiger partial charge in [-0.05, 0) is 42.0 Å². The number of allylic oxidation sites excluding steroid dienone is 1. The van der Waals surface area contributed by atoms with Gasteiger partial charge < -0.3 is 19.5 Å². The zero-order valence-corrected chi connectivity index (χ0v) is 14.4. The van der Waals surface area contributed by atoms with Crippen LogP contribution in [0.15, 0.2) is 29.5 Å². The molecule has 9 nitrogen and oxygen atoms in total. The van der Waals surface area contributed by atoms with E-state index in [0.29, 0.717) is 35.3 Å². The van der Waals surface area contributed by atoms with Gasteiger partial charge in [-0.1, -0.05) is 11.2 Å². The number of nitrogens with one attached hydrogen (secondary N) is 1. The van der Waals surface area contributed by atoms with Crippen molar-refractivity contribution in [3.8, 4) is 11.5 Å². The van der Waals surface area contributed by atoms with Crippen molar-refractivity contribution in [2.45, 2.75) is 19.9 Å². The van der Waals surface area contributed by atoms with E-state index >= 15 is 0 Å². The molecule has 0 saturated heterocycles. The molecule has 2 heterocycles. The second-order valence-corrected chi connectivity index (χ2v) is 5.35. The topological polar surface area (TPSA) is 100 Å². The van der Waals surface area contributed by atoms with Gasteiger partial charge in [0.25, 0.3) is 0 Å². The highest BCUT2D eigenvalue weighted by Crippen LogP contribution is 2.38. The number of fused-ring (bicyclic) bond motifs is 1. The Morgan fingerprint density at radius 3 is 2.80 bits per heavy atom. The van der Waals surface area contributed by atoms with Gasteiger partial charge in [0.15, 0.2) is 11.5 Å². The molecule has 1 aliphatic rings. The van der Waals surface area contributed by atoms with Crippen molar-refractivity contribution in [3.05, 3.63) is 35.0 Å². The van der Waals surface area contributed by atoms with E-state index in [-0.39, 0.29) is 0 Å². The van der Waals surface area contributed by atoms with Crippen molar-refractivity contribution in [2.75, 3.05) is 26.1 Å². The van der Waals surface area contributed by atoms with Crippen molar-refractivity contribution in [3.63, 3.8) is 0 Å². The van der Waals surface area contributed by atoms with Crippen LogP contribution in [0.2, 0.25) is 0 Å². The van der Waals surface area contributed by atoms with Gasteiger partial charge >= 0.3 is 5.97 Å². The van der Waals surface area contributed by atoms with Crippen LogP contribution >= 0.6 is 0 Å². The van der Waals surface area contributed by atoms with Crippen LogP contribution in [-0.4, -0.2) is 47.0 Å². The number of tetrazole rings is 1. The van der Waals surface area contributed by atoms with Crippen LogP contribution in [0.4, 0.5) is 5.95 Å². The lowest BCUT2D eigenvalue weighted by Gasteiger charge is -2.27. The maximum absolute atomic E-state index is 12.4. The number of hydrogen-bond acceptors (Lipinski definition) is 8. The number of esters is 1. The van der Waals surface area contributed by atoms with Crippen LogP contribution in [0.25, 0.3) is 0 Å². The fourth-order valence-corrected chi connectivity index (χ4v) is 2.82. The zero-order chi connectivity index (χ0) is 18.0. The molecule has 1 unspecified atom stereocenters. The van der Waals surface area contributed by atoms with Gasteiger partial charge in [0, 0.05) is 5.70 Å². The summed E-state index contributed by atoms with van der Waals surface area (Å²) in [5.41, 5.74) is 1.83. The third-order valence-electron chi connectivity index (χ3n) is 3.92. The smallest absolute Gasteiger partial charge is 0.338 e. The number of carbonyl (C=O) groups excluding carboxylic acids is 1. The highest BCUT2D eigenvalue weighted by Gasteiger charge is 2.35. The van der Waals surface area contributed by atoms with E-state index in [4.69, 9.17) is 14.2 Å². The summed E-state index contributed by atoms with van der Waals surface area (Å²) in [7, 11) is 2.91. The molecule has 0 aliphatic carbocycles. The Hall–Kier alpha value is -3.10. The summed E-state index contributed by atoms with van der Waals surface area (Å²) in [5.74, 6) is 1.18. The molecule has 1 aromatic heterocycles. The third kappa shape index (κ3) is 2.88. The van der Waals surface area contributed by atoms with Crippen LogP contribution in [0.1, 0.15) is 25.5 Å². The summed E-state index contributed by atoms with van der Waals surface area (Å²) < 4.78 is 17.5. The molecule has 0 amide bonds. The quantitative estimate of drug-likeness (QED) is 0.815. The van der Waals surface area contributed by atoms with Crippen LogP contribution in [0, 0.1) is 0 Å². The first-order valence-corrected chi connectivity index (χ1v) is 7.75. The number of methoxy groups -OCH3 is 2. The fraction of sp³-hybridized carbons (Fsp3) is 0.375. The number of benzene rings is 1. The van der Waals surface area contributed by atoms with Gasteiger partial charge in [-0.2, -0.15) is 4.68 Å². The summed E-state index contributed by atoms with van der Waals surface area (Å²) in [6.07, 6.45) is 0. The molecule has 0 bridgehead atoms. The average molecular weight is 345 g/mol. The maximum atomic E-state index is 12.4. The predicted molar refractivity (Wildman–Crippen MR) is 88.5 cm³/mol. The van der Waals surface area contributed by atoms with E-state index in [2.05, 4.69) is 20.8 Å². The number of nitrogens with zero attached hydrogens (tertiary/aromatic N) is 4. The molecular formula is C16H19N5O4. The normalized spacial score (nSPS) is 16.1. The molecule has 9 heteroatoms. The highest BCUT2D eigenvalue weighted by molar-refractivity contribution is 5.92. The van der Waals surface area contributed by atoms with Crippen molar-refractivity contribution >= 4 is 11.9 Å². The second-order valence-electron chi connectivity index (χ2n) is 5.35. The summed E-state index contributed by atoms with van der Waals surface area (Å²) in [5, 5.41) is 14.7. The van der Waals surface area contributed by atoms with Gasteiger partial charge in [-0.15, -0.1) is 0 Å². The minimum absolute atomic E-state index is 0.425. The summed E-state index contributed by atoms with van der Waals surface area (Å²) in [6.45, 7) is 4.20. The molecule has 1 aromatic carbocycles. The Labute approximate surface area is 144 Å². The lowest BCUT2D eigenvalue weighted by atomic mass is 9.95.